The minimum absolute atomic E-state index is 0.231. The summed E-state index contributed by atoms with van der Waals surface area (Å²) >= 11 is 0. The number of rotatable bonds is 5. The van der Waals surface area contributed by atoms with Crippen LogP contribution in [0.15, 0.2) is 36.8 Å². The first-order valence-corrected chi connectivity index (χ1v) is 9.67. The van der Waals surface area contributed by atoms with Gasteiger partial charge in [-0.3, -0.25) is 9.78 Å². The van der Waals surface area contributed by atoms with Gasteiger partial charge in [0, 0.05) is 44.1 Å². The SMILES string of the molecule is COc1cccc(CN2CCCC3(CCN(c4cnccn4)C3)C2=O)c1OC. The molecule has 0 aliphatic carbocycles. The smallest absolute Gasteiger partial charge is 0.230 e. The van der Waals surface area contributed by atoms with Crippen molar-refractivity contribution in [3.63, 3.8) is 0 Å². The molecule has 2 aromatic rings. The standard InChI is InChI=1S/C21H26N4O3/c1-27-17-6-3-5-16(19(17)28-2)14-24-11-4-7-21(20(24)26)8-12-25(15-21)18-13-22-9-10-23-18/h3,5-6,9-10,13H,4,7-8,11-12,14-15H2,1-2H3. The highest BCUT2D eigenvalue weighted by molar-refractivity contribution is 5.85. The maximum absolute atomic E-state index is 13.5. The van der Waals surface area contributed by atoms with Gasteiger partial charge in [-0.05, 0) is 25.3 Å². The Labute approximate surface area is 165 Å². The molecule has 7 nitrogen and oxygen atoms in total. The number of carbonyl (C=O) groups is 1. The molecular weight excluding hydrogens is 356 g/mol. The maximum Gasteiger partial charge on any atom is 0.230 e. The Hall–Kier alpha value is -2.83. The van der Waals surface area contributed by atoms with E-state index in [1.807, 2.05) is 23.1 Å². The lowest BCUT2D eigenvalue weighted by molar-refractivity contribution is -0.145. The molecule has 0 radical (unpaired) electrons. The van der Waals surface area contributed by atoms with Gasteiger partial charge in [0.25, 0.3) is 0 Å². The summed E-state index contributed by atoms with van der Waals surface area (Å²) in [5.41, 5.74) is 0.637. The van der Waals surface area contributed by atoms with Crippen LogP contribution in [0.3, 0.4) is 0 Å². The molecule has 0 N–H and O–H groups in total. The van der Waals surface area contributed by atoms with Crippen molar-refractivity contribution in [3.05, 3.63) is 42.4 Å². The number of nitrogens with zero attached hydrogens (tertiary/aromatic N) is 4. The number of piperidine rings is 1. The molecule has 0 bridgehead atoms. The summed E-state index contributed by atoms with van der Waals surface area (Å²) in [6.07, 6.45) is 7.93. The van der Waals surface area contributed by atoms with Crippen LogP contribution < -0.4 is 14.4 Å². The van der Waals surface area contributed by atoms with Crippen LogP contribution in [0.25, 0.3) is 0 Å². The fourth-order valence-corrected chi connectivity index (χ4v) is 4.49. The van der Waals surface area contributed by atoms with Crippen LogP contribution >= 0.6 is 0 Å². The van der Waals surface area contributed by atoms with Gasteiger partial charge in [0.2, 0.25) is 5.91 Å². The number of likely N-dealkylation sites (tertiary alicyclic amines) is 1. The first-order chi connectivity index (χ1) is 13.7. The van der Waals surface area contributed by atoms with Gasteiger partial charge < -0.3 is 19.3 Å². The molecule has 7 heteroatoms. The normalized spacial score (nSPS) is 22.0. The third kappa shape index (κ3) is 3.25. The number of benzene rings is 1. The highest BCUT2D eigenvalue weighted by Gasteiger charge is 2.48. The molecule has 2 aliphatic rings. The zero-order chi connectivity index (χ0) is 19.6. The summed E-state index contributed by atoms with van der Waals surface area (Å²) in [4.78, 5) is 26.2. The predicted octanol–water partition coefficient (Wildman–Crippen LogP) is 2.51. The molecule has 1 amide bonds. The van der Waals surface area contributed by atoms with Crippen LogP contribution in [0.4, 0.5) is 5.82 Å². The number of hydrogen-bond acceptors (Lipinski definition) is 6. The Balaban J connectivity index is 1.53. The van der Waals surface area contributed by atoms with Crippen molar-refractivity contribution < 1.29 is 14.3 Å². The van der Waals surface area contributed by atoms with Crippen molar-refractivity contribution in [3.8, 4) is 11.5 Å². The summed E-state index contributed by atoms with van der Waals surface area (Å²) in [5, 5.41) is 0. The van der Waals surface area contributed by atoms with Crippen molar-refractivity contribution in [2.75, 3.05) is 38.8 Å². The van der Waals surface area contributed by atoms with Gasteiger partial charge in [0.15, 0.2) is 11.5 Å². The fraction of sp³-hybridized carbons (Fsp3) is 0.476. The lowest BCUT2D eigenvalue weighted by atomic mass is 9.78. The molecule has 0 saturated carbocycles. The van der Waals surface area contributed by atoms with Crippen LogP contribution in [-0.4, -0.2) is 54.6 Å². The van der Waals surface area contributed by atoms with Crippen LogP contribution in [0, 0.1) is 5.41 Å². The molecule has 148 valence electrons. The first kappa shape index (κ1) is 18.5. The first-order valence-electron chi connectivity index (χ1n) is 9.67. The molecule has 2 saturated heterocycles. The highest BCUT2D eigenvalue weighted by atomic mass is 16.5. The topological polar surface area (TPSA) is 67.8 Å². The summed E-state index contributed by atoms with van der Waals surface area (Å²) < 4.78 is 11.0. The van der Waals surface area contributed by atoms with Gasteiger partial charge in [-0.15, -0.1) is 0 Å². The second-order valence-electron chi connectivity index (χ2n) is 7.50. The third-order valence-corrected chi connectivity index (χ3v) is 5.90. The Morgan fingerprint density at radius 3 is 2.79 bits per heavy atom. The van der Waals surface area contributed by atoms with E-state index >= 15 is 0 Å². The summed E-state index contributed by atoms with van der Waals surface area (Å²) in [7, 11) is 3.26. The lowest BCUT2D eigenvalue weighted by Gasteiger charge is -2.39. The molecule has 2 fully saturated rings. The van der Waals surface area contributed by atoms with Crippen LogP contribution in [0.1, 0.15) is 24.8 Å². The Kier molecular flexibility index (Phi) is 5.07. The van der Waals surface area contributed by atoms with E-state index in [4.69, 9.17) is 9.47 Å². The van der Waals surface area contributed by atoms with E-state index in [1.54, 1.807) is 32.8 Å². The molecule has 1 unspecified atom stereocenters. The highest BCUT2D eigenvalue weighted by Crippen LogP contribution is 2.42. The molecular formula is C21H26N4O3. The van der Waals surface area contributed by atoms with Crippen molar-refractivity contribution >= 4 is 11.7 Å². The number of ether oxygens (including phenoxy) is 2. The van der Waals surface area contributed by atoms with Gasteiger partial charge in [0.05, 0.1) is 25.8 Å². The molecule has 1 atom stereocenters. The average molecular weight is 382 g/mol. The largest absolute Gasteiger partial charge is 0.493 e. The number of amides is 1. The lowest BCUT2D eigenvalue weighted by Crippen LogP contribution is -2.49. The number of aromatic nitrogens is 2. The number of hydrogen-bond donors (Lipinski definition) is 0. The molecule has 28 heavy (non-hydrogen) atoms. The number of carbonyl (C=O) groups excluding carboxylic acids is 1. The molecule has 3 heterocycles. The second kappa shape index (κ2) is 7.66. The summed E-state index contributed by atoms with van der Waals surface area (Å²) in [6.45, 7) is 2.84. The predicted molar refractivity (Wildman–Crippen MR) is 105 cm³/mol. The van der Waals surface area contributed by atoms with E-state index in [0.717, 1.165) is 43.7 Å². The second-order valence-corrected chi connectivity index (χ2v) is 7.50. The third-order valence-electron chi connectivity index (χ3n) is 5.90. The van der Waals surface area contributed by atoms with Crippen molar-refractivity contribution in [2.45, 2.75) is 25.8 Å². The summed E-state index contributed by atoms with van der Waals surface area (Å²) in [5.74, 6) is 2.47. The van der Waals surface area contributed by atoms with Gasteiger partial charge in [-0.25, -0.2) is 4.98 Å². The molecule has 2 aliphatic heterocycles. The van der Waals surface area contributed by atoms with Crippen LogP contribution in [0.5, 0.6) is 11.5 Å². The molecule has 1 aromatic carbocycles. The van der Waals surface area contributed by atoms with E-state index in [9.17, 15) is 4.79 Å². The summed E-state index contributed by atoms with van der Waals surface area (Å²) in [6, 6.07) is 5.81. The minimum atomic E-state index is -0.331. The maximum atomic E-state index is 13.5. The van der Waals surface area contributed by atoms with E-state index in [2.05, 4.69) is 14.9 Å². The van der Waals surface area contributed by atoms with Gasteiger partial charge in [-0.1, -0.05) is 12.1 Å². The van der Waals surface area contributed by atoms with Crippen molar-refractivity contribution in [1.82, 2.24) is 14.9 Å². The molecule has 4 rings (SSSR count). The van der Waals surface area contributed by atoms with E-state index in [1.165, 1.54) is 0 Å². The van der Waals surface area contributed by atoms with Gasteiger partial charge in [-0.2, -0.15) is 0 Å². The van der Waals surface area contributed by atoms with E-state index in [0.29, 0.717) is 24.6 Å². The molecule has 1 aromatic heterocycles. The van der Waals surface area contributed by atoms with Crippen molar-refractivity contribution in [1.29, 1.82) is 0 Å². The Bertz CT molecular complexity index is 845. The number of methoxy groups -OCH3 is 2. The van der Waals surface area contributed by atoms with E-state index < -0.39 is 0 Å². The Morgan fingerprint density at radius 2 is 2.04 bits per heavy atom. The van der Waals surface area contributed by atoms with Gasteiger partial charge >= 0.3 is 0 Å². The quantitative estimate of drug-likeness (QED) is 0.792. The number of anilines is 1. The van der Waals surface area contributed by atoms with Crippen molar-refractivity contribution in [2.24, 2.45) is 5.41 Å². The van der Waals surface area contributed by atoms with E-state index in [-0.39, 0.29) is 11.3 Å². The average Bonchev–Trinajstić information content (AvgIpc) is 3.17. The molecule has 1 spiro atoms. The minimum Gasteiger partial charge on any atom is -0.493 e. The Morgan fingerprint density at radius 1 is 1.14 bits per heavy atom. The van der Waals surface area contributed by atoms with Crippen LogP contribution in [0.2, 0.25) is 0 Å². The van der Waals surface area contributed by atoms with Gasteiger partial charge in [0.1, 0.15) is 5.82 Å². The zero-order valence-corrected chi connectivity index (χ0v) is 16.4. The zero-order valence-electron chi connectivity index (χ0n) is 16.4. The monoisotopic (exact) mass is 382 g/mol. The van der Waals surface area contributed by atoms with Crippen LogP contribution in [-0.2, 0) is 11.3 Å². The fourth-order valence-electron chi connectivity index (χ4n) is 4.49. The number of para-hydroxylation sites is 1.